The Kier molecular flexibility index (Phi) is 4.06. The molecule has 0 radical (unpaired) electrons. The molecule has 6 nitrogen and oxygen atoms in total. The monoisotopic (exact) mass is 288 g/mol. The van der Waals surface area contributed by atoms with Crippen molar-refractivity contribution >= 4 is 5.91 Å². The first-order valence-corrected chi connectivity index (χ1v) is 7.33. The van der Waals surface area contributed by atoms with Crippen molar-refractivity contribution in [2.24, 2.45) is 5.73 Å². The molecule has 1 aliphatic rings. The molecule has 0 bridgehead atoms. The zero-order valence-electron chi connectivity index (χ0n) is 11.9. The van der Waals surface area contributed by atoms with E-state index in [-0.39, 0.29) is 11.9 Å². The standard InChI is InChI=1S/C15H20N4O2/c16-12-4-1-2-8-18(10-12)15(20)14-6-5-13(21-14)11-19-9-3-7-17-19/h3,5-7,9,12H,1-2,4,8,10-11,16H2. The third-order valence-electron chi connectivity index (χ3n) is 3.74. The molecule has 1 saturated heterocycles. The number of likely N-dealkylation sites (tertiary alicyclic amines) is 1. The van der Waals surface area contributed by atoms with Crippen molar-refractivity contribution in [1.82, 2.24) is 14.7 Å². The number of nitrogens with two attached hydrogens (primary N) is 1. The Morgan fingerprint density at radius 2 is 2.33 bits per heavy atom. The van der Waals surface area contributed by atoms with Crippen molar-refractivity contribution < 1.29 is 9.21 Å². The maximum atomic E-state index is 12.5. The normalized spacial score (nSPS) is 19.5. The van der Waals surface area contributed by atoms with Gasteiger partial charge in [0.05, 0.1) is 6.54 Å². The van der Waals surface area contributed by atoms with Gasteiger partial charge in [0.15, 0.2) is 5.76 Å². The number of carbonyl (C=O) groups excluding carboxylic acids is 1. The van der Waals surface area contributed by atoms with Crippen molar-refractivity contribution in [3.63, 3.8) is 0 Å². The van der Waals surface area contributed by atoms with Crippen LogP contribution in [0.5, 0.6) is 0 Å². The summed E-state index contributed by atoms with van der Waals surface area (Å²) >= 11 is 0. The van der Waals surface area contributed by atoms with Gasteiger partial charge in [-0.25, -0.2) is 0 Å². The van der Waals surface area contributed by atoms with Crippen LogP contribution in [0.2, 0.25) is 0 Å². The van der Waals surface area contributed by atoms with Crippen molar-refractivity contribution in [3.8, 4) is 0 Å². The van der Waals surface area contributed by atoms with Crippen LogP contribution < -0.4 is 5.73 Å². The lowest BCUT2D eigenvalue weighted by atomic mass is 10.2. The molecule has 6 heteroatoms. The molecule has 1 atom stereocenters. The second-order valence-electron chi connectivity index (χ2n) is 5.48. The first-order chi connectivity index (χ1) is 10.2. The molecule has 2 aromatic rings. The molecule has 1 aliphatic heterocycles. The Morgan fingerprint density at radius 3 is 3.14 bits per heavy atom. The van der Waals surface area contributed by atoms with E-state index < -0.39 is 0 Å². The van der Waals surface area contributed by atoms with E-state index in [0.717, 1.165) is 31.6 Å². The summed E-state index contributed by atoms with van der Waals surface area (Å²) in [7, 11) is 0. The number of carbonyl (C=O) groups is 1. The molecular formula is C15H20N4O2. The van der Waals surface area contributed by atoms with Gasteiger partial charge in [-0.15, -0.1) is 0 Å². The van der Waals surface area contributed by atoms with Crippen LogP contribution in [-0.2, 0) is 6.54 Å². The summed E-state index contributed by atoms with van der Waals surface area (Å²) in [5.74, 6) is 1.03. The summed E-state index contributed by atoms with van der Waals surface area (Å²) in [6.07, 6.45) is 6.63. The summed E-state index contributed by atoms with van der Waals surface area (Å²) < 4.78 is 7.41. The van der Waals surface area contributed by atoms with Crippen LogP contribution in [0.1, 0.15) is 35.6 Å². The van der Waals surface area contributed by atoms with Crippen LogP contribution in [0.25, 0.3) is 0 Å². The van der Waals surface area contributed by atoms with E-state index in [0.29, 0.717) is 18.8 Å². The molecule has 3 heterocycles. The Labute approximate surface area is 123 Å². The summed E-state index contributed by atoms with van der Waals surface area (Å²) in [4.78, 5) is 14.3. The first kappa shape index (κ1) is 13.9. The van der Waals surface area contributed by atoms with Crippen molar-refractivity contribution in [2.45, 2.75) is 31.8 Å². The third-order valence-corrected chi connectivity index (χ3v) is 3.74. The maximum absolute atomic E-state index is 12.5. The molecule has 21 heavy (non-hydrogen) atoms. The predicted octanol–water partition coefficient (Wildman–Crippen LogP) is 1.48. The Morgan fingerprint density at radius 1 is 1.43 bits per heavy atom. The molecule has 3 rings (SSSR count). The molecule has 1 fully saturated rings. The molecule has 0 saturated carbocycles. The van der Waals surface area contributed by atoms with E-state index in [1.165, 1.54) is 0 Å². The fourth-order valence-electron chi connectivity index (χ4n) is 2.65. The number of hydrogen-bond donors (Lipinski definition) is 1. The second-order valence-corrected chi connectivity index (χ2v) is 5.48. The number of amides is 1. The van der Waals surface area contributed by atoms with Crippen LogP contribution in [0.3, 0.4) is 0 Å². The fourth-order valence-corrected chi connectivity index (χ4v) is 2.65. The molecule has 0 aliphatic carbocycles. The summed E-state index contributed by atoms with van der Waals surface area (Å²) in [5, 5.41) is 4.12. The molecule has 0 aromatic carbocycles. The second kappa shape index (κ2) is 6.13. The number of furan rings is 1. The molecule has 0 spiro atoms. The van der Waals surface area contributed by atoms with Gasteiger partial charge in [-0.05, 0) is 31.0 Å². The highest BCUT2D eigenvalue weighted by atomic mass is 16.4. The highest BCUT2D eigenvalue weighted by Crippen LogP contribution is 2.15. The maximum Gasteiger partial charge on any atom is 0.289 e. The summed E-state index contributed by atoms with van der Waals surface area (Å²) in [6.45, 7) is 1.88. The number of rotatable bonds is 3. The zero-order valence-corrected chi connectivity index (χ0v) is 11.9. The number of nitrogens with zero attached hydrogens (tertiary/aromatic N) is 3. The summed E-state index contributed by atoms with van der Waals surface area (Å²) in [5.41, 5.74) is 6.00. The lowest BCUT2D eigenvalue weighted by molar-refractivity contribution is 0.0721. The molecule has 112 valence electrons. The van der Waals surface area contributed by atoms with E-state index in [1.807, 2.05) is 18.3 Å². The minimum atomic E-state index is -0.0703. The predicted molar refractivity (Wildman–Crippen MR) is 77.8 cm³/mol. The minimum Gasteiger partial charge on any atom is -0.454 e. The highest BCUT2D eigenvalue weighted by molar-refractivity contribution is 5.91. The Bertz CT molecular complexity index is 591. The van der Waals surface area contributed by atoms with Gasteiger partial charge < -0.3 is 15.1 Å². The van der Waals surface area contributed by atoms with Crippen LogP contribution in [0, 0.1) is 0 Å². The van der Waals surface area contributed by atoms with Gasteiger partial charge in [-0.2, -0.15) is 5.10 Å². The lowest BCUT2D eigenvalue weighted by Crippen LogP contribution is -2.39. The smallest absolute Gasteiger partial charge is 0.289 e. The summed E-state index contributed by atoms with van der Waals surface area (Å²) in [6, 6.07) is 5.48. The van der Waals surface area contributed by atoms with Crippen LogP contribution in [0.4, 0.5) is 0 Å². The number of aromatic nitrogens is 2. The van der Waals surface area contributed by atoms with Gasteiger partial charge in [-0.3, -0.25) is 9.48 Å². The van der Waals surface area contributed by atoms with Crippen molar-refractivity contribution in [1.29, 1.82) is 0 Å². The third kappa shape index (κ3) is 3.33. The van der Waals surface area contributed by atoms with Gasteiger partial charge in [0.2, 0.25) is 0 Å². The van der Waals surface area contributed by atoms with Crippen LogP contribution >= 0.6 is 0 Å². The Balaban J connectivity index is 1.68. The average Bonchev–Trinajstić information content (AvgIpc) is 3.09. The minimum absolute atomic E-state index is 0.0648. The number of hydrogen-bond acceptors (Lipinski definition) is 4. The van der Waals surface area contributed by atoms with E-state index in [4.69, 9.17) is 10.2 Å². The van der Waals surface area contributed by atoms with Gasteiger partial charge in [0.25, 0.3) is 5.91 Å². The van der Waals surface area contributed by atoms with E-state index in [1.54, 1.807) is 21.8 Å². The average molecular weight is 288 g/mol. The largest absolute Gasteiger partial charge is 0.454 e. The van der Waals surface area contributed by atoms with Crippen molar-refractivity contribution in [3.05, 3.63) is 42.1 Å². The van der Waals surface area contributed by atoms with Crippen LogP contribution in [-0.4, -0.2) is 39.7 Å². The van der Waals surface area contributed by atoms with Gasteiger partial charge >= 0.3 is 0 Å². The van der Waals surface area contributed by atoms with Gasteiger partial charge in [-0.1, -0.05) is 6.42 Å². The topological polar surface area (TPSA) is 77.3 Å². The van der Waals surface area contributed by atoms with E-state index in [2.05, 4.69) is 5.10 Å². The van der Waals surface area contributed by atoms with E-state index in [9.17, 15) is 4.79 Å². The van der Waals surface area contributed by atoms with Crippen LogP contribution in [0.15, 0.2) is 35.0 Å². The lowest BCUT2D eigenvalue weighted by Gasteiger charge is -2.21. The molecule has 2 aromatic heterocycles. The first-order valence-electron chi connectivity index (χ1n) is 7.33. The molecule has 2 N–H and O–H groups in total. The molecular weight excluding hydrogens is 268 g/mol. The van der Waals surface area contributed by atoms with Gasteiger partial charge in [0, 0.05) is 31.5 Å². The van der Waals surface area contributed by atoms with E-state index >= 15 is 0 Å². The highest BCUT2D eigenvalue weighted by Gasteiger charge is 2.23. The fraction of sp³-hybridized carbons (Fsp3) is 0.467. The van der Waals surface area contributed by atoms with Crippen molar-refractivity contribution in [2.75, 3.05) is 13.1 Å². The molecule has 1 unspecified atom stereocenters. The quantitative estimate of drug-likeness (QED) is 0.928. The SMILES string of the molecule is NC1CCCCN(C(=O)c2ccc(Cn3cccn3)o2)C1. The Hall–Kier alpha value is -2.08. The van der Waals surface area contributed by atoms with Gasteiger partial charge in [0.1, 0.15) is 5.76 Å². The molecule has 1 amide bonds. The zero-order chi connectivity index (χ0) is 14.7.